The van der Waals surface area contributed by atoms with Crippen molar-refractivity contribution in [2.75, 3.05) is 26.7 Å². The molecule has 17 heavy (non-hydrogen) atoms. The van der Waals surface area contributed by atoms with E-state index in [1.165, 1.54) is 6.07 Å². The quantitative estimate of drug-likeness (QED) is 0.848. The molecule has 0 bridgehead atoms. The van der Waals surface area contributed by atoms with E-state index in [1.54, 1.807) is 13.0 Å². The molecule has 0 amide bonds. The lowest BCUT2D eigenvalue weighted by Gasteiger charge is -2.33. The van der Waals surface area contributed by atoms with Gasteiger partial charge in [0.05, 0.1) is 18.8 Å². The number of morpholine rings is 1. The van der Waals surface area contributed by atoms with E-state index in [1.807, 2.05) is 13.1 Å². The highest BCUT2D eigenvalue weighted by atomic mass is 19.1. The first-order chi connectivity index (χ1) is 8.08. The van der Waals surface area contributed by atoms with Crippen LogP contribution in [-0.2, 0) is 4.74 Å². The molecule has 2 rings (SSSR count). The van der Waals surface area contributed by atoms with Gasteiger partial charge in [0, 0.05) is 13.1 Å². The summed E-state index contributed by atoms with van der Waals surface area (Å²) in [5.41, 5.74) is 7.57. The van der Waals surface area contributed by atoms with Gasteiger partial charge in [-0.15, -0.1) is 0 Å². The van der Waals surface area contributed by atoms with E-state index in [0.29, 0.717) is 12.2 Å². The molecule has 1 aliphatic rings. The van der Waals surface area contributed by atoms with Crippen LogP contribution in [0.2, 0.25) is 0 Å². The summed E-state index contributed by atoms with van der Waals surface area (Å²) in [5.74, 6) is -0.206. The topological polar surface area (TPSA) is 38.5 Å². The Morgan fingerprint density at radius 3 is 2.94 bits per heavy atom. The Kier molecular flexibility index (Phi) is 3.76. The van der Waals surface area contributed by atoms with Gasteiger partial charge in [-0.1, -0.05) is 12.1 Å². The van der Waals surface area contributed by atoms with E-state index < -0.39 is 0 Å². The van der Waals surface area contributed by atoms with Crippen molar-refractivity contribution < 1.29 is 9.13 Å². The number of likely N-dealkylation sites (N-methyl/N-ethyl adjacent to an activating group) is 1. The number of hydrogen-bond donors (Lipinski definition) is 1. The smallest absolute Gasteiger partial charge is 0.126 e. The minimum absolute atomic E-state index is 0.0594. The lowest BCUT2D eigenvalue weighted by molar-refractivity contribution is -0.0326. The van der Waals surface area contributed by atoms with Gasteiger partial charge in [0.25, 0.3) is 0 Å². The molecule has 0 aliphatic carbocycles. The molecule has 0 saturated carbocycles. The van der Waals surface area contributed by atoms with Crippen molar-refractivity contribution in [3.8, 4) is 0 Å². The molecule has 1 aromatic carbocycles. The van der Waals surface area contributed by atoms with Crippen molar-refractivity contribution in [3.63, 3.8) is 0 Å². The maximum Gasteiger partial charge on any atom is 0.126 e. The van der Waals surface area contributed by atoms with Crippen molar-refractivity contribution >= 4 is 0 Å². The highest BCUT2D eigenvalue weighted by Crippen LogP contribution is 2.21. The lowest BCUT2D eigenvalue weighted by Crippen LogP contribution is -2.45. The van der Waals surface area contributed by atoms with Crippen molar-refractivity contribution in [1.82, 2.24) is 4.90 Å². The minimum atomic E-state index is -0.271. The standard InChI is InChI=1S/C13H19FN2O/c1-9-3-4-10(7-11(9)14)13(15)12-8-16(2)5-6-17-12/h3-4,7,12-13H,5-6,8,15H2,1-2H3. The second-order valence-electron chi connectivity index (χ2n) is 4.71. The van der Waals surface area contributed by atoms with Crippen LogP contribution in [0.1, 0.15) is 17.2 Å². The van der Waals surface area contributed by atoms with Crippen LogP contribution in [0, 0.1) is 12.7 Å². The highest BCUT2D eigenvalue weighted by molar-refractivity contribution is 5.26. The van der Waals surface area contributed by atoms with Crippen molar-refractivity contribution in [1.29, 1.82) is 0 Å². The zero-order valence-electron chi connectivity index (χ0n) is 10.3. The van der Waals surface area contributed by atoms with Gasteiger partial charge in [0.15, 0.2) is 0 Å². The first kappa shape index (κ1) is 12.5. The molecular formula is C13H19FN2O. The predicted octanol–water partition coefficient (Wildman–Crippen LogP) is 1.46. The van der Waals surface area contributed by atoms with Crippen LogP contribution in [-0.4, -0.2) is 37.7 Å². The third kappa shape index (κ3) is 2.83. The summed E-state index contributed by atoms with van der Waals surface area (Å²) in [6, 6.07) is 4.88. The van der Waals surface area contributed by atoms with E-state index in [2.05, 4.69) is 4.90 Å². The van der Waals surface area contributed by atoms with Gasteiger partial charge in [0.2, 0.25) is 0 Å². The second kappa shape index (κ2) is 5.12. The van der Waals surface area contributed by atoms with Crippen LogP contribution in [0.15, 0.2) is 18.2 Å². The zero-order valence-corrected chi connectivity index (χ0v) is 10.3. The van der Waals surface area contributed by atoms with Crippen molar-refractivity contribution in [2.45, 2.75) is 19.1 Å². The molecule has 2 atom stereocenters. The Morgan fingerprint density at radius 2 is 2.29 bits per heavy atom. The van der Waals surface area contributed by atoms with Crippen LogP contribution in [0.25, 0.3) is 0 Å². The molecule has 1 aliphatic heterocycles. The van der Waals surface area contributed by atoms with Gasteiger partial charge in [-0.3, -0.25) is 0 Å². The highest BCUT2D eigenvalue weighted by Gasteiger charge is 2.25. The van der Waals surface area contributed by atoms with Crippen molar-refractivity contribution in [3.05, 3.63) is 35.1 Å². The predicted molar refractivity (Wildman–Crippen MR) is 65.3 cm³/mol. The molecule has 2 unspecified atom stereocenters. The first-order valence-electron chi connectivity index (χ1n) is 5.89. The molecule has 1 fully saturated rings. The Balaban J connectivity index is 2.12. The van der Waals surface area contributed by atoms with Gasteiger partial charge in [-0.25, -0.2) is 4.39 Å². The summed E-state index contributed by atoms with van der Waals surface area (Å²) in [6.45, 7) is 4.14. The van der Waals surface area contributed by atoms with E-state index in [9.17, 15) is 4.39 Å². The summed E-state index contributed by atoms with van der Waals surface area (Å²) in [7, 11) is 2.04. The molecule has 0 aromatic heterocycles. The molecule has 0 spiro atoms. The Hall–Kier alpha value is -0.970. The molecule has 0 radical (unpaired) electrons. The molecule has 2 N–H and O–H groups in total. The number of nitrogens with two attached hydrogens (primary N) is 1. The lowest BCUT2D eigenvalue weighted by atomic mass is 9.99. The van der Waals surface area contributed by atoms with Gasteiger partial charge >= 0.3 is 0 Å². The van der Waals surface area contributed by atoms with Gasteiger partial charge in [0.1, 0.15) is 5.82 Å². The van der Waals surface area contributed by atoms with Gasteiger partial charge in [-0.2, -0.15) is 0 Å². The van der Waals surface area contributed by atoms with E-state index in [-0.39, 0.29) is 18.0 Å². The summed E-state index contributed by atoms with van der Waals surface area (Å²) in [6.07, 6.45) is -0.0594. The third-order valence-electron chi connectivity index (χ3n) is 3.28. The first-order valence-corrected chi connectivity index (χ1v) is 5.89. The SMILES string of the molecule is Cc1ccc(C(N)C2CN(C)CCO2)cc1F. The van der Waals surface area contributed by atoms with Gasteiger partial charge in [-0.05, 0) is 31.2 Å². The van der Waals surface area contributed by atoms with Crippen LogP contribution in [0.5, 0.6) is 0 Å². The van der Waals surface area contributed by atoms with Crippen LogP contribution in [0.3, 0.4) is 0 Å². The molecule has 1 heterocycles. The Morgan fingerprint density at radius 1 is 1.53 bits per heavy atom. The van der Waals surface area contributed by atoms with E-state index in [0.717, 1.165) is 18.7 Å². The van der Waals surface area contributed by atoms with Gasteiger partial charge < -0.3 is 15.4 Å². The fourth-order valence-corrected chi connectivity index (χ4v) is 2.06. The normalized spacial score (nSPS) is 23.6. The maximum absolute atomic E-state index is 13.5. The third-order valence-corrected chi connectivity index (χ3v) is 3.28. The largest absolute Gasteiger partial charge is 0.374 e. The summed E-state index contributed by atoms with van der Waals surface area (Å²) in [4.78, 5) is 2.18. The fraction of sp³-hybridized carbons (Fsp3) is 0.538. The van der Waals surface area contributed by atoms with E-state index in [4.69, 9.17) is 10.5 Å². The monoisotopic (exact) mass is 238 g/mol. The number of rotatable bonds is 2. The summed E-state index contributed by atoms with van der Waals surface area (Å²) >= 11 is 0. The van der Waals surface area contributed by atoms with E-state index >= 15 is 0 Å². The molecule has 4 heteroatoms. The fourth-order valence-electron chi connectivity index (χ4n) is 2.06. The zero-order chi connectivity index (χ0) is 12.4. The van der Waals surface area contributed by atoms with Crippen LogP contribution >= 0.6 is 0 Å². The molecule has 1 saturated heterocycles. The number of aryl methyl sites for hydroxylation is 1. The maximum atomic E-state index is 13.5. The average molecular weight is 238 g/mol. The Labute approximate surface area is 101 Å². The Bertz CT molecular complexity index is 397. The average Bonchev–Trinajstić information content (AvgIpc) is 2.32. The number of halogens is 1. The molecule has 3 nitrogen and oxygen atoms in total. The summed E-state index contributed by atoms with van der Waals surface area (Å²) < 4.78 is 19.1. The summed E-state index contributed by atoms with van der Waals surface area (Å²) in [5, 5.41) is 0. The van der Waals surface area contributed by atoms with Crippen molar-refractivity contribution in [2.24, 2.45) is 5.73 Å². The number of nitrogens with zero attached hydrogens (tertiary/aromatic N) is 1. The molecule has 94 valence electrons. The number of ether oxygens (including phenoxy) is 1. The second-order valence-corrected chi connectivity index (χ2v) is 4.71. The van der Waals surface area contributed by atoms with Crippen LogP contribution in [0.4, 0.5) is 4.39 Å². The number of hydrogen-bond acceptors (Lipinski definition) is 3. The number of benzene rings is 1. The van der Waals surface area contributed by atoms with Crippen LogP contribution < -0.4 is 5.73 Å². The molecular weight excluding hydrogens is 219 g/mol. The minimum Gasteiger partial charge on any atom is -0.374 e. The molecule has 1 aromatic rings.